The lowest BCUT2D eigenvalue weighted by atomic mass is 9.90. The van der Waals surface area contributed by atoms with Crippen molar-refractivity contribution in [1.82, 2.24) is 10.6 Å². The maximum absolute atomic E-state index is 11.9. The van der Waals surface area contributed by atoms with E-state index in [0.29, 0.717) is 0 Å². The minimum absolute atomic E-state index is 0.0488. The van der Waals surface area contributed by atoms with Crippen molar-refractivity contribution in [3.63, 3.8) is 0 Å². The minimum Gasteiger partial charge on any atom is -0.355 e. The zero-order chi connectivity index (χ0) is 12.7. The van der Waals surface area contributed by atoms with E-state index in [4.69, 9.17) is 0 Å². The van der Waals surface area contributed by atoms with Gasteiger partial charge in [-0.3, -0.25) is 4.79 Å². The molecule has 1 saturated heterocycles. The highest BCUT2D eigenvalue weighted by Crippen LogP contribution is 2.19. The first-order valence-electron chi connectivity index (χ1n) is 7.14. The van der Waals surface area contributed by atoms with E-state index >= 15 is 0 Å². The minimum atomic E-state index is 0.0488. The van der Waals surface area contributed by atoms with Crippen LogP contribution in [0, 0.1) is 11.8 Å². The summed E-state index contributed by atoms with van der Waals surface area (Å²) in [5.41, 5.74) is 0. The molecule has 100 valence electrons. The molecule has 0 saturated carbocycles. The summed E-state index contributed by atoms with van der Waals surface area (Å²) < 4.78 is 0. The number of carbonyl (C=O) groups is 1. The highest BCUT2D eigenvalue weighted by molar-refractivity contribution is 5.81. The smallest absolute Gasteiger partial charge is 0.237 e. The van der Waals surface area contributed by atoms with E-state index in [1.165, 1.54) is 19.3 Å². The van der Waals surface area contributed by atoms with Gasteiger partial charge in [0, 0.05) is 6.54 Å². The second-order valence-electron chi connectivity index (χ2n) is 5.63. The molecule has 0 radical (unpaired) electrons. The summed E-state index contributed by atoms with van der Waals surface area (Å²) in [4.78, 5) is 11.9. The maximum Gasteiger partial charge on any atom is 0.237 e. The van der Waals surface area contributed by atoms with E-state index in [2.05, 4.69) is 31.4 Å². The third kappa shape index (κ3) is 5.53. The highest BCUT2D eigenvalue weighted by atomic mass is 16.2. The van der Waals surface area contributed by atoms with Gasteiger partial charge in [-0.15, -0.1) is 0 Å². The van der Waals surface area contributed by atoms with Gasteiger partial charge < -0.3 is 10.6 Å². The predicted octanol–water partition coefficient (Wildman–Crippen LogP) is 2.32. The lowest BCUT2D eigenvalue weighted by Gasteiger charge is -2.28. The van der Waals surface area contributed by atoms with Crippen molar-refractivity contribution in [3.05, 3.63) is 0 Å². The van der Waals surface area contributed by atoms with Crippen LogP contribution < -0.4 is 10.6 Å². The van der Waals surface area contributed by atoms with Crippen LogP contribution in [0.2, 0.25) is 0 Å². The fraction of sp³-hybridized carbons (Fsp3) is 0.929. The summed E-state index contributed by atoms with van der Waals surface area (Å²) in [5, 5.41) is 6.37. The zero-order valence-electron chi connectivity index (χ0n) is 11.6. The summed E-state index contributed by atoms with van der Waals surface area (Å²) in [7, 11) is 0. The number of amides is 1. The first kappa shape index (κ1) is 14.5. The van der Waals surface area contributed by atoms with Gasteiger partial charge >= 0.3 is 0 Å². The van der Waals surface area contributed by atoms with E-state index in [0.717, 1.165) is 37.8 Å². The van der Waals surface area contributed by atoms with Gasteiger partial charge in [-0.25, -0.2) is 0 Å². The first-order chi connectivity index (χ1) is 8.13. The van der Waals surface area contributed by atoms with Crippen molar-refractivity contribution in [2.45, 2.75) is 58.9 Å². The molecule has 1 aliphatic heterocycles. The van der Waals surface area contributed by atoms with Crippen LogP contribution in [0.15, 0.2) is 0 Å². The number of hydrogen-bond acceptors (Lipinski definition) is 2. The second kappa shape index (κ2) is 7.70. The monoisotopic (exact) mass is 240 g/mol. The zero-order valence-corrected chi connectivity index (χ0v) is 11.6. The lowest BCUT2D eigenvalue weighted by molar-refractivity contribution is -0.124. The Morgan fingerprint density at radius 2 is 2.24 bits per heavy atom. The van der Waals surface area contributed by atoms with Crippen molar-refractivity contribution in [3.8, 4) is 0 Å². The summed E-state index contributed by atoms with van der Waals surface area (Å²) >= 11 is 0. The van der Waals surface area contributed by atoms with Crippen molar-refractivity contribution in [2.75, 3.05) is 13.1 Å². The van der Waals surface area contributed by atoms with Crippen LogP contribution in [0.25, 0.3) is 0 Å². The van der Waals surface area contributed by atoms with Crippen LogP contribution in [-0.4, -0.2) is 25.0 Å². The Morgan fingerprint density at radius 3 is 2.88 bits per heavy atom. The summed E-state index contributed by atoms with van der Waals surface area (Å²) in [6.45, 7) is 8.47. The third-order valence-electron chi connectivity index (χ3n) is 3.66. The van der Waals surface area contributed by atoms with E-state index in [1.54, 1.807) is 0 Å². The van der Waals surface area contributed by atoms with Crippen LogP contribution in [0.3, 0.4) is 0 Å². The van der Waals surface area contributed by atoms with Crippen LogP contribution in [0.5, 0.6) is 0 Å². The summed E-state index contributed by atoms with van der Waals surface area (Å²) in [6, 6.07) is 0.0488. The van der Waals surface area contributed by atoms with Gasteiger partial charge in [-0.05, 0) is 44.1 Å². The fourth-order valence-electron chi connectivity index (χ4n) is 2.41. The Labute approximate surface area is 106 Å². The van der Waals surface area contributed by atoms with E-state index in [-0.39, 0.29) is 11.9 Å². The molecule has 1 rings (SSSR count). The van der Waals surface area contributed by atoms with Crippen LogP contribution in [0.4, 0.5) is 0 Å². The molecule has 2 unspecified atom stereocenters. The first-order valence-corrected chi connectivity index (χ1v) is 7.14. The van der Waals surface area contributed by atoms with E-state index < -0.39 is 0 Å². The van der Waals surface area contributed by atoms with Gasteiger partial charge in [-0.2, -0.15) is 0 Å². The predicted molar refractivity (Wildman–Crippen MR) is 71.9 cm³/mol. The molecule has 2 atom stereocenters. The summed E-state index contributed by atoms with van der Waals surface area (Å²) in [5.74, 6) is 1.65. The Bertz CT molecular complexity index is 228. The second-order valence-corrected chi connectivity index (χ2v) is 5.63. The van der Waals surface area contributed by atoms with Gasteiger partial charge in [0.15, 0.2) is 0 Å². The van der Waals surface area contributed by atoms with Crippen molar-refractivity contribution >= 4 is 5.91 Å². The average Bonchev–Trinajstić information content (AvgIpc) is 2.34. The number of rotatable bonds is 6. The molecule has 2 N–H and O–H groups in total. The van der Waals surface area contributed by atoms with Gasteiger partial charge in [0.2, 0.25) is 5.91 Å². The number of piperidine rings is 1. The molecule has 1 amide bonds. The highest BCUT2D eigenvalue weighted by Gasteiger charge is 2.25. The molecule has 0 bridgehead atoms. The SMILES string of the molecule is CCC1CCNC(C(=O)NCCCC(C)C)C1. The summed E-state index contributed by atoms with van der Waals surface area (Å²) in [6.07, 6.45) is 5.70. The third-order valence-corrected chi connectivity index (χ3v) is 3.66. The number of hydrogen-bond donors (Lipinski definition) is 2. The van der Waals surface area contributed by atoms with Crippen LogP contribution in [0.1, 0.15) is 52.9 Å². The molecule has 0 aromatic heterocycles. The normalized spacial score (nSPS) is 24.9. The topological polar surface area (TPSA) is 41.1 Å². The average molecular weight is 240 g/mol. The molecule has 1 heterocycles. The van der Waals surface area contributed by atoms with Crippen LogP contribution in [-0.2, 0) is 4.79 Å². The molecular formula is C14H28N2O. The maximum atomic E-state index is 11.9. The Morgan fingerprint density at radius 1 is 1.47 bits per heavy atom. The molecule has 0 aromatic carbocycles. The standard InChI is InChI=1S/C14H28N2O/c1-4-12-7-9-15-13(10-12)14(17)16-8-5-6-11(2)3/h11-13,15H,4-10H2,1-3H3,(H,16,17). The molecule has 0 aromatic rings. The molecule has 1 aliphatic rings. The number of nitrogens with one attached hydrogen (secondary N) is 2. The van der Waals surface area contributed by atoms with Gasteiger partial charge in [0.1, 0.15) is 0 Å². The van der Waals surface area contributed by atoms with Gasteiger partial charge in [0.25, 0.3) is 0 Å². The molecule has 0 aliphatic carbocycles. The molecule has 3 heteroatoms. The lowest BCUT2D eigenvalue weighted by Crippen LogP contribution is -2.48. The Balaban J connectivity index is 2.18. The molecular weight excluding hydrogens is 212 g/mol. The number of carbonyl (C=O) groups excluding carboxylic acids is 1. The van der Waals surface area contributed by atoms with Crippen molar-refractivity contribution < 1.29 is 4.79 Å². The van der Waals surface area contributed by atoms with E-state index in [1.807, 2.05) is 0 Å². The largest absolute Gasteiger partial charge is 0.355 e. The van der Waals surface area contributed by atoms with Crippen molar-refractivity contribution in [1.29, 1.82) is 0 Å². The molecule has 1 fully saturated rings. The Hall–Kier alpha value is -0.570. The molecule has 3 nitrogen and oxygen atoms in total. The fourth-order valence-corrected chi connectivity index (χ4v) is 2.41. The van der Waals surface area contributed by atoms with E-state index in [9.17, 15) is 4.79 Å². The quantitative estimate of drug-likeness (QED) is 0.700. The van der Waals surface area contributed by atoms with Crippen LogP contribution >= 0.6 is 0 Å². The van der Waals surface area contributed by atoms with Gasteiger partial charge in [0.05, 0.1) is 6.04 Å². The molecule has 0 spiro atoms. The van der Waals surface area contributed by atoms with Gasteiger partial charge in [-0.1, -0.05) is 27.2 Å². The Kier molecular flexibility index (Phi) is 6.56. The molecule has 17 heavy (non-hydrogen) atoms. The van der Waals surface area contributed by atoms with Crippen molar-refractivity contribution in [2.24, 2.45) is 11.8 Å².